The van der Waals surface area contributed by atoms with Crippen molar-refractivity contribution < 1.29 is 4.79 Å². The first-order valence-electron chi connectivity index (χ1n) is 9.63. The van der Waals surface area contributed by atoms with E-state index in [0.717, 1.165) is 44.5 Å². The van der Waals surface area contributed by atoms with Gasteiger partial charge in [0.2, 0.25) is 0 Å². The summed E-state index contributed by atoms with van der Waals surface area (Å²) in [5.74, 6) is 0.533. The van der Waals surface area contributed by atoms with Gasteiger partial charge in [-0.15, -0.1) is 5.10 Å². The monoisotopic (exact) mass is 349 g/mol. The lowest BCUT2D eigenvalue weighted by Crippen LogP contribution is -2.44. The summed E-state index contributed by atoms with van der Waals surface area (Å²) in [5, 5.41) is 15.1. The summed E-state index contributed by atoms with van der Waals surface area (Å²) in [6, 6.07) is 0.473. The minimum absolute atomic E-state index is 0.0173. The van der Waals surface area contributed by atoms with Crippen LogP contribution in [0, 0.1) is 18.3 Å². The quantitative estimate of drug-likeness (QED) is 0.828. The topological polar surface area (TPSA) is 71.8 Å². The van der Waals surface area contributed by atoms with Crippen molar-refractivity contribution in [1.82, 2.24) is 25.6 Å². The second-order valence-electron chi connectivity index (χ2n) is 8.81. The summed E-state index contributed by atoms with van der Waals surface area (Å²) in [5.41, 5.74) is 1.36. The number of amides is 1. The second-order valence-corrected chi connectivity index (χ2v) is 8.81. The van der Waals surface area contributed by atoms with Gasteiger partial charge in [0.25, 0.3) is 5.91 Å². The first-order chi connectivity index (χ1) is 11.7. The molecule has 0 saturated carbocycles. The van der Waals surface area contributed by atoms with E-state index < -0.39 is 0 Å². The van der Waals surface area contributed by atoms with Crippen LogP contribution in [0.25, 0.3) is 0 Å². The minimum atomic E-state index is -0.0960. The molecular weight excluding hydrogens is 314 g/mol. The van der Waals surface area contributed by atoms with Gasteiger partial charge in [0, 0.05) is 6.04 Å². The van der Waals surface area contributed by atoms with Crippen LogP contribution < -0.4 is 10.6 Å². The zero-order valence-corrected chi connectivity index (χ0v) is 16.7. The van der Waals surface area contributed by atoms with E-state index in [4.69, 9.17) is 0 Å². The van der Waals surface area contributed by atoms with Crippen molar-refractivity contribution in [3.8, 4) is 0 Å². The minimum Gasteiger partial charge on any atom is -0.347 e. The SMILES string of the molecule is Cc1c(C(=O)NC(CCC(C)C)C(C)(C)C)nnn1C1CCNCC1. The lowest BCUT2D eigenvalue weighted by Gasteiger charge is -2.32. The highest BCUT2D eigenvalue weighted by Crippen LogP contribution is 2.25. The molecule has 1 fully saturated rings. The Morgan fingerprint density at radius 1 is 1.28 bits per heavy atom. The number of nitrogens with one attached hydrogen (secondary N) is 2. The molecule has 1 unspecified atom stereocenters. The van der Waals surface area contributed by atoms with Crippen molar-refractivity contribution in [2.45, 2.75) is 79.3 Å². The van der Waals surface area contributed by atoms with E-state index in [0.29, 0.717) is 17.7 Å². The molecule has 1 atom stereocenters. The molecule has 142 valence electrons. The zero-order chi connectivity index (χ0) is 18.6. The Balaban J connectivity index is 2.09. The highest BCUT2D eigenvalue weighted by molar-refractivity contribution is 5.93. The van der Waals surface area contributed by atoms with Crippen LogP contribution in [0.4, 0.5) is 0 Å². The molecule has 1 aliphatic rings. The van der Waals surface area contributed by atoms with Crippen LogP contribution in [0.2, 0.25) is 0 Å². The number of carbonyl (C=O) groups is 1. The van der Waals surface area contributed by atoms with Gasteiger partial charge in [-0.25, -0.2) is 4.68 Å². The normalized spacial score (nSPS) is 17.7. The summed E-state index contributed by atoms with van der Waals surface area (Å²) in [4.78, 5) is 12.8. The second kappa shape index (κ2) is 8.30. The fraction of sp³-hybridized carbons (Fsp3) is 0.842. The Labute approximate surface area is 152 Å². The van der Waals surface area contributed by atoms with Crippen LogP contribution in [0.5, 0.6) is 0 Å². The molecule has 1 amide bonds. The molecule has 1 aliphatic heterocycles. The van der Waals surface area contributed by atoms with Gasteiger partial charge >= 0.3 is 0 Å². The molecule has 6 nitrogen and oxygen atoms in total. The Kier molecular flexibility index (Phi) is 6.60. The molecule has 0 aliphatic carbocycles. The Hall–Kier alpha value is -1.43. The molecule has 1 aromatic rings. The molecule has 0 spiro atoms. The lowest BCUT2D eigenvalue weighted by molar-refractivity contribution is 0.0888. The fourth-order valence-electron chi connectivity index (χ4n) is 3.40. The van der Waals surface area contributed by atoms with Crippen LogP contribution in [0.15, 0.2) is 0 Å². The summed E-state index contributed by atoms with van der Waals surface area (Å²) in [6.45, 7) is 14.9. The maximum atomic E-state index is 12.8. The largest absolute Gasteiger partial charge is 0.347 e. The lowest BCUT2D eigenvalue weighted by atomic mass is 9.82. The number of hydrogen-bond acceptors (Lipinski definition) is 4. The van der Waals surface area contributed by atoms with Gasteiger partial charge in [-0.05, 0) is 57.0 Å². The van der Waals surface area contributed by atoms with Crippen molar-refractivity contribution in [2.75, 3.05) is 13.1 Å². The molecule has 2 N–H and O–H groups in total. The third-order valence-corrected chi connectivity index (χ3v) is 5.18. The van der Waals surface area contributed by atoms with Crippen molar-refractivity contribution >= 4 is 5.91 Å². The van der Waals surface area contributed by atoms with E-state index in [1.165, 1.54) is 0 Å². The molecule has 0 bridgehead atoms. The maximum absolute atomic E-state index is 12.8. The molecule has 25 heavy (non-hydrogen) atoms. The zero-order valence-electron chi connectivity index (χ0n) is 16.7. The van der Waals surface area contributed by atoms with Gasteiger partial charge in [0.05, 0.1) is 11.7 Å². The summed E-state index contributed by atoms with van der Waals surface area (Å²) < 4.78 is 1.94. The summed E-state index contributed by atoms with van der Waals surface area (Å²) in [6.07, 6.45) is 4.14. The highest BCUT2D eigenvalue weighted by atomic mass is 16.2. The van der Waals surface area contributed by atoms with Crippen LogP contribution in [-0.2, 0) is 0 Å². The van der Waals surface area contributed by atoms with Crippen LogP contribution in [-0.4, -0.2) is 40.0 Å². The Morgan fingerprint density at radius 2 is 1.92 bits per heavy atom. The molecule has 6 heteroatoms. The number of nitrogens with zero attached hydrogens (tertiary/aromatic N) is 3. The van der Waals surface area contributed by atoms with E-state index in [-0.39, 0.29) is 17.4 Å². The number of hydrogen-bond donors (Lipinski definition) is 2. The average Bonchev–Trinajstić information content (AvgIpc) is 2.92. The van der Waals surface area contributed by atoms with E-state index in [2.05, 4.69) is 55.6 Å². The van der Waals surface area contributed by atoms with E-state index in [9.17, 15) is 4.79 Å². The number of rotatable bonds is 6. The predicted molar refractivity (Wildman–Crippen MR) is 101 cm³/mol. The molecule has 0 aromatic carbocycles. The van der Waals surface area contributed by atoms with Gasteiger partial charge in [0.15, 0.2) is 5.69 Å². The van der Waals surface area contributed by atoms with Crippen LogP contribution >= 0.6 is 0 Å². The van der Waals surface area contributed by atoms with Gasteiger partial charge in [-0.1, -0.05) is 39.8 Å². The molecular formula is C19H35N5O. The van der Waals surface area contributed by atoms with Gasteiger partial charge < -0.3 is 10.6 Å². The number of carbonyl (C=O) groups excluding carboxylic acids is 1. The van der Waals surface area contributed by atoms with E-state index in [1.54, 1.807) is 0 Å². The van der Waals surface area contributed by atoms with Crippen molar-refractivity contribution in [2.24, 2.45) is 11.3 Å². The Bertz CT molecular complexity index is 567. The molecule has 2 rings (SSSR count). The highest BCUT2D eigenvalue weighted by Gasteiger charge is 2.29. The maximum Gasteiger partial charge on any atom is 0.273 e. The van der Waals surface area contributed by atoms with Crippen molar-refractivity contribution in [3.05, 3.63) is 11.4 Å². The van der Waals surface area contributed by atoms with Crippen LogP contribution in [0.3, 0.4) is 0 Å². The number of aromatic nitrogens is 3. The molecule has 2 heterocycles. The third kappa shape index (κ3) is 5.27. The van der Waals surface area contributed by atoms with Gasteiger partial charge in [0.1, 0.15) is 0 Å². The number of piperidine rings is 1. The first-order valence-corrected chi connectivity index (χ1v) is 9.63. The summed E-state index contributed by atoms with van der Waals surface area (Å²) >= 11 is 0. The standard InChI is InChI=1S/C19H35N5O/c1-13(2)7-8-16(19(4,5)6)21-18(25)17-14(3)24(23-22-17)15-9-11-20-12-10-15/h13,15-16,20H,7-12H2,1-6H3,(H,21,25). The van der Waals surface area contributed by atoms with E-state index >= 15 is 0 Å². The van der Waals surface area contributed by atoms with Gasteiger partial charge in [-0.3, -0.25) is 4.79 Å². The van der Waals surface area contributed by atoms with Crippen molar-refractivity contribution in [1.29, 1.82) is 0 Å². The Morgan fingerprint density at radius 3 is 2.48 bits per heavy atom. The van der Waals surface area contributed by atoms with Gasteiger partial charge in [-0.2, -0.15) is 0 Å². The fourth-order valence-corrected chi connectivity index (χ4v) is 3.40. The molecule has 0 radical (unpaired) electrons. The average molecular weight is 350 g/mol. The van der Waals surface area contributed by atoms with Crippen LogP contribution in [0.1, 0.15) is 82.5 Å². The molecule has 1 saturated heterocycles. The van der Waals surface area contributed by atoms with Crippen molar-refractivity contribution in [3.63, 3.8) is 0 Å². The summed E-state index contributed by atoms with van der Waals surface area (Å²) in [7, 11) is 0. The smallest absolute Gasteiger partial charge is 0.273 e. The third-order valence-electron chi connectivity index (χ3n) is 5.18. The first kappa shape index (κ1) is 19.9. The molecule has 1 aromatic heterocycles. The predicted octanol–water partition coefficient (Wildman–Crippen LogP) is 3.09. The van der Waals surface area contributed by atoms with E-state index in [1.807, 2.05) is 11.6 Å².